The van der Waals surface area contributed by atoms with Crippen molar-refractivity contribution < 1.29 is 0 Å². The van der Waals surface area contributed by atoms with Crippen molar-refractivity contribution in [1.82, 2.24) is 5.32 Å². The van der Waals surface area contributed by atoms with Crippen LogP contribution in [0.2, 0.25) is 0 Å². The van der Waals surface area contributed by atoms with Crippen molar-refractivity contribution >= 4 is 15.9 Å². The van der Waals surface area contributed by atoms with E-state index in [4.69, 9.17) is 0 Å². The number of rotatable bonds is 3. The fraction of sp³-hybridized carbons (Fsp3) is 0.385. The van der Waals surface area contributed by atoms with Gasteiger partial charge in [-0.1, -0.05) is 34.1 Å². The van der Waals surface area contributed by atoms with Gasteiger partial charge >= 0.3 is 0 Å². The third-order valence-electron chi connectivity index (χ3n) is 3.01. The molecule has 1 nitrogen and oxygen atoms in total. The van der Waals surface area contributed by atoms with Crippen molar-refractivity contribution in [3.05, 3.63) is 47.0 Å². The first-order valence-electron chi connectivity index (χ1n) is 5.39. The molecule has 0 aromatic heterocycles. The summed E-state index contributed by atoms with van der Waals surface area (Å²) in [5.74, 6) is 0.669. The minimum Gasteiger partial charge on any atom is -0.313 e. The Hall–Kier alpha value is -0.600. The second kappa shape index (κ2) is 4.95. The van der Waals surface area contributed by atoms with Crippen LogP contribution in [-0.2, 0) is 0 Å². The molecule has 2 atom stereocenters. The van der Waals surface area contributed by atoms with Crippen LogP contribution in [0.3, 0.4) is 0 Å². The molecular formula is C13H16BrN. The van der Waals surface area contributed by atoms with Gasteiger partial charge in [0.1, 0.15) is 0 Å². The molecule has 1 saturated heterocycles. The van der Waals surface area contributed by atoms with E-state index in [0.29, 0.717) is 12.0 Å². The average Bonchev–Trinajstić information content (AvgIpc) is 2.68. The molecule has 0 radical (unpaired) electrons. The average molecular weight is 266 g/mol. The summed E-state index contributed by atoms with van der Waals surface area (Å²) in [6, 6.07) is 9.29. The summed E-state index contributed by atoms with van der Waals surface area (Å²) in [5, 5.41) is 3.54. The molecule has 1 aromatic rings. The molecule has 1 heterocycles. The lowest BCUT2D eigenvalue weighted by Gasteiger charge is -2.09. The topological polar surface area (TPSA) is 12.0 Å². The fourth-order valence-electron chi connectivity index (χ4n) is 2.19. The molecular weight excluding hydrogens is 250 g/mol. The highest BCUT2D eigenvalue weighted by Gasteiger charge is 2.23. The Balaban J connectivity index is 2.01. The van der Waals surface area contributed by atoms with Gasteiger partial charge in [-0.05, 0) is 36.5 Å². The fourth-order valence-corrected chi connectivity index (χ4v) is 2.45. The van der Waals surface area contributed by atoms with Gasteiger partial charge in [-0.15, -0.1) is 6.58 Å². The maximum absolute atomic E-state index is 3.79. The summed E-state index contributed by atoms with van der Waals surface area (Å²) >= 11 is 3.46. The first-order chi connectivity index (χ1) is 7.29. The van der Waals surface area contributed by atoms with Crippen LogP contribution in [0.15, 0.2) is 41.4 Å². The summed E-state index contributed by atoms with van der Waals surface area (Å²) < 4.78 is 1.15. The number of nitrogens with one attached hydrogen (secondary N) is 1. The Morgan fingerprint density at radius 1 is 1.40 bits per heavy atom. The summed E-state index contributed by atoms with van der Waals surface area (Å²) in [7, 11) is 0. The molecule has 1 aromatic carbocycles. The molecule has 0 unspecified atom stereocenters. The highest BCUT2D eigenvalue weighted by atomic mass is 79.9. The van der Waals surface area contributed by atoms with E-state index in [9.17, 15) is 0 Å². The largest absolute Gasteiger partial charge is 0.313 e. The molecule has 15 heavy (non-hydrogen) atoms. The number of benzene rings is 1. The van der Waals surface area contributed by atoms with Gasteiger partial charge in [-0.3, -0.25) is 0 Å². The molecule has 0 aliphatic carbocycles. The maximum atomic E-state index is 3.79. The molecule has 0 amide bonds. The van der Waals surface area contributed by atoms with Crippen LogP contribution in [0.5, 0.6) is 0 Å². The number of hydrogen-bond donors (Lipinski definition) is 1. The molecule has 0 saturated carbocycles. The zero-order chi connectivity index (χ0) is 10.7. The van der Waals surface area contributed by atoms with Crippen molar-refractivity contribution in [2.24, 2.45) is 0 Å². The van der Waals surface area contributed by atoms with Crippen molar-refractivity contribution in [1.29, 1.82) is 0 Å². The van der Waals surface area contributed by atoms with E-state index >= 15 is 0 Å². The van der Waals surface area contributed by atoms with Crippen LogP contribution in [0, 0.1) is 0 Å². The summed E-state index contributed by atoms with van der Waals surface area (Å²) in [5.41, 5.74) is 1.44. The highest BCUT2D eigenvalue weighted by Crippen LogP contribution is 2.27. The minimum absolute atomic E-state index is 0.621. The zero-order valence-electron chi connectivity index (χ0n) is 8.75. The molecule has 2 rings (SSSR count). The number of halogens is 1. The lowest BCUT2D eigenvalue weighted by Crippen LogP contribution is -2.19. The first kappa shape index (κ1) is 10.9. The third kappa shape index (κ3) is 2.70. The quantitative estimate of drug-likeness (QED) is 0.826. The lowest BCUT2D eigenvalue weighted by molar-refractivity contribution is 0.610. The summed E-state index contributed by atoms with van der Waals surface area (Å²) in [6.07, 6.45) is 4.31. The number of hydrogen-bond acceptors (Lipinski definition) is 1. The first-order valence-corrected chi connectivity index (χ1v) is 6.18. The van der Waals surface area contributed by atoms with Crippen molar-refractivity contribution in [3.8, 4) is 0 Å². The molecule has 2 heteroatoms. The summed E-state index contributed by atoms with van der Waals surface area (Å²) in [6.45, 7) is 4.88. The minimum atomic E-state index is 0.621. The monoisotopic (exact) mass is 265 g/mol. The van der Waals surface area contributed by atoms with Gasteiger partial charge in [0.2, 0.25) is 0 Å². The van der Waals surface area contributed by atoms with E-state index in [0.717, 1.165) is 17.4 Å². The molecule has 0 bridgehead atoms. The normalized spacial score (nSPS) is 25.4. The van der Waals surface area contributed by atoms with Gasteiger partial charge in [-0.25, -0.2) is 0 Å². The van der Waals surface area contributed by atoms with Crippen LogP contribution < -0.4 is 5.32 Å². The molecule has 1 aliphatic rings. The third-order valence-corrected chi connectivity index (χ3v) is 3.54. The Morgan fingerprint density at radius 3 is 2.80 bits per heavy atom. The SMILES string of the molecule is C=CC[C@@H]1C[C@@H](c2ccc(Br)cc2)CN1. The van der Waals surface area contributed by atoms with Crippen LogP contribution in [0.25, 0.3) is 0 Å². The van der Waals surface area contributed by atoms with E-state index in [1.54, 1.807) is 0 Å². The Kier molecular flexibility index (Phi) is 3.60. The molecule has 0 spiro atoms. The van der Waals surface area contributed by atoms with Crippen molar-refractivity contribution in [2.45, 2.75) is 24.8 Å². The van der Waals surface area contributed by atoms with Crippen LogP contribution in [0.1, 0.15) is 24.3 Å². The summed E-state index contributed by atoms with van der Waals surface area (Å²) in [4.78, 5) is 0. The van der Waals surface area contributed by atoms with Gasteiger partial charge in [0.05, 0.1) is 0 Å². The van der Waals surface area contributed by atoms with E-state index in [1.165, 1.54) is 12.0 Å². The highest BCUT2D eigenvalue weighted by molar-refractivity contribution is 9.10. The van der Waals surface area contributed by atoms with Crippen LogP contribution in [-0.4, -0.2) is 12.6 Å². The van der Waals surface area contributed by atoms with E-state index in [1.807, 2.05) is 6.08 Å². The van der Waals surface area contributed by atoms with Crippen molar-refractivity contribution in [3.63, 3.8) is 0 Å². The van der Waals surface area contributed by atoms with Gasteiger partial charge in [-0.2, -0.15) is 0 Å². The van der Waals surface area contributed by atoms with E-state index in [-0.39, 0.29) is 0 Å². The van der Waals surface area contributed by atoms with Crippen LogP contribution >= 0.6 is 15.9 Å². The second-order valence-electron chi connectivity index (χ2n) is 4.11. The maximum Gasteiger partial charge on any atom is 0.0175 e. The smallest absolute Gasteiger partial charge is 0.0175 e. The van der Waals surface area contributed by atoms with E-state index < -0.39 is 0 Å². The Bertz CT molecular complexity index is 331. The Labute approximate surface area is 99.7 Å². The molecule has 1 N–H and O–H groups in total. The Morgan fingerprint density at radius 2 is 2.13 bits per heavy atom. The molecule has 1 fully saturated rings. The predicted octanol–water partition coefficient (Wildman–Crippen LogP) is 3.47. The van der Waals surface area contributed by atoms with Gasteiger partial charge < -0.3 is 5.32 Å². The standard InChI is InChI=1S/C13H16BrN/c1-2-3-13-8-11(9-15-13)10-4-6-12(14)7-5-10/h2,4-7,11,13,15H,1,3,8-9H2/t11-,13-/m1/s1. The van der Waals surface area contributed by atoms with Crippen LogP contribution in [0.4, 0.5) is 0 Å². The van der Waals surface area contributed by atoms with E-state index in [2.05, 4.69) is 52.1 Å². The van der Waals surface area contributed by atoms with Gasteiger partial charge in [0.25, 0.3) is 0 Å². The van der Waals surface area contributed by atoms with Crippen molar-refractivity contribution in [2.75, 3.05) is 6.54 Å². The lowest BCUT2D eigenvalue weighted by atomic mass is 9.96. The predicted molar refractivity (Wildman–Crippen MR) is 68.1 cm³/mol. The van der Waals surface area contributed by atoms with Gasteiger partial charge in [0.15, 0.2) is 0 Å². The molecule has 80 valence electrons. The zero-order valence-corrected chi connectivity index (χ0v) is 10.3. The van der Waals surface area contributed by atoms with Gasteiger partial charge in [0, 0.05) is 17.1 Å². The molecule has 1 aliphatic heterocycles. The second-order valence-corrected chi connectivity index (χ2v) is 5.03.